The van der Waals surface area contributed by atoms with Gasteiger partial charge in [-0.3, -0.25) is 9.78 Å². The van der Waals surface area contributed by atoms with Crippen molar-refractivity contribution >= 4 is 33.8 Å². The van der Waals surface area contributed by atoms with Gasteiger partial charge in [-0.25, -0.2) is 4.98 Å². The second-order valence-corrected chi connectivity index (χ2v) is 5.46. The molecule has 2 N–H and O–H groups in total. The smallest absolute Gasteiger partial charge is 0.230 e. The lowest BCUT2D eigenvalue weighted by Gasteiger charge is -2.03. The second-order valence-electron chi connectivity index (χ2n) is 4.60. The van der Waals surface area contributed by atoms with Gasteiger partial charge in [-0.2, -0.15) is 0 Å². The van der Waals surface area contributed by atoms with E-state index < -0.39 is 0 Å². The van der Waals surface area contributed by atoms with Crippen LogP contribution in [0, 0.1) is 0 Å². The van der Waals surface area contributed by atoms with Gasteiger partial charge in [0.2, 0.25) is 5.91 Å². The van der Waals surface area contributed by atoms with Gasteiger partial charge in [-0.1, -0.05) is 18.2 Å². The van der Waals surface area contributed by atoms with E-state index in [4.69, 9.17) is 0 Å². The summed E-state index contributed by atoms with van der Waals surface area (Å²) in [5.74, 6) is -0.107. The number of hydrogen-bond acceptors (Lipinski definition) is 5. The van der Waals surface area contributed by atoms with Gasteiger partial charge in [-0.05, 0) is 24.3 Å². The van der Waals surface area contributed by atoms with Crippen LogP contribution in [0.15, 0.2) is 60.2 Å². The highest BCUT2D eigenvalue weighted by molar-refractivity contribution is 7.13. The third kappa shape index (κ3) is 3.89. The Morgan fingerprint density at radius 1 is 1.09 bits per heavy atom. The number of rotatable bonds is 5. The van der Waals surface area contributed by atoms with Crippen molar-refractivity contribution in [2.24, 2.45) is 0 Å². The number of aromatic nitrogens is 2. The van der Waals surface area contributed by atoms with Crippen LogP contribution in [-0.4, -0.2) is 15.9 Å². The molecule has 2 heterocycles. The summed E-state index contributed by atoms with van der Waals surface area (Å²) in [6.45, 7) is 0. The summed E-state index contributed by atoms with van der Waals surface area (Å²) in [4.78, 5) is 20.3. The van der Waals surface area contributed by atoms with Crippen molar-refractivity contribution in [1.29, 1.82) is 0 Å². The fraction of sp³-hybridized carbons (Fsp3) is 0.0625. The Morgan fingerprint density at radius 3 is 2.68 bits per heavy atom. The van der Waals surface area contributed by atoms with Crippen LogP contribution in [0.4, 0.5) is 16.5 Å². The van der Waals surface area contributed by atoms with Crippen LogP contribution in [0.25, 0.3) is 0 Å². The molecule has 0 fully saturated rings. The normalized spacial score (nSPS) is 10.2. The maximum Gasteiger partial charge on any atom is 0.230 e. The highest BCUT2D eigenvalue weighted by Crippen LogP contribution is 2.21. The minimum absolute atomic E-state index is 0.107. The lowest BCUT2D eigenvalue weighted by atomic mass is 10.3. The van der Waals surface area contributed by atoms with E-state index in [1.165, 1.54) is 11.3 Å². The average Bonchev–Trinajstić information content (AvgIpc) is 2.96. The van der Waals surface area contributed by atoms with Crippen LogP contribution in [0.1, 0.15) is 5.69 Å². The molecule has 0 aliphatic heterocycles. The van der Waals surface area contributed by atoms with Gasteiger partial charge in [-0.15, -0.1) is 11.3 Å². The summed E-state index contributed by atoms with van der Waals surface area (Å²) in [7, 11) is 0. The second kappa shape index (κ2) is 6.82. The molecule has 0 saturated carbocycles. The van der Waals surface area contributed by atoms with Crippen LogP contribution in [-0.2, 0) is 11.2 Å². The first-order valence-corrected chi connectivity index (χ1v) is 7.64. The van der Waals surface area contributed by atoms with Crippen molar-refractivity contribution in [1.82, 2.24) is 9.97 Å². The Kier molecular flexibility index (Phi) is 4.41. The topological polar surface area (TPSA) is 66.9 Å². The zero-order valence-corrected chi connectivity index (χ0v) is 12.5. The van der Waals surface area contributed by atoms with Crippen molar-refractivity contribution in [2.75, 3.05) is 10.6 Å². The fourth-order valence-electron chi connectivity index (χ4n) is 1.90. The lowest BCUT2D eigenvalue weighted by Crippen LogP contribution is -2.14. The van der Waals surface area contributed by atoms with Crippen LogP contribution >= 0.6 is 11.3 Å². The average molecular weight is 310 g/mol. The molecule has 0 aliphatic carbocycles. The molecular formula is C16H14N4OS. The molecule has 0 bridgehead atoms. The van der Waals surface area contributed by atoms with Crippen molar-refractivity contribution in [3.05, 3.63) is 65.9 Å². The highest BCUT2D eigenvalue weighted by Gasteiger charge is 2.08. The van der Waals surface area contributed by atoms with Gasteiger partial charge < -0.3 is 10.6 Å². The first kappa shape index (κ1) is 14.2. The summed E-state index contributed by atoms with van der Waals surface area (Å²) in [5.41, 5.74) is 2.40. The quantitative estimate of drug-likeness (QED) is 0.757. The molecule has 0 radical (unpaired) electrons. The fourth-order valence-corrected chi connectivity index (χ4v) is 2.63. The molecule has 0 saturated heterocycles. The summed E-state index contributed by atoms with van der Waals surface area (Å²) >= 11 is 1.48. The highest BCUT2D eigenvalue weighted by atomic mass is 32.1. The van der Waals surface area contributed by atoms with Crippen LogP contribution in [0.5, 0.6) is 0 Å². The third-order valence-corrected chi connectivity index (χ3v) is 3.67. The number of amides is 1. The third-order valence-electron chi connectivity index (χ3n) is 2.86. The molecule has 2 aromatic heterocycles. The molecule has 6 heteroatoms. The first-order chi connectivity index (χ1) is 10.8. The molecule has 3 aromatic rings. The van der Waals surface area contributed by atoms with Gasteiger partial charge in [0.25, 0.3) is 0 Å². The largest absolute Gasteiger partial charge is 0.332 e. The van der Waals surface area contributed by atoms with E-state index in [1.807, 2.05) is 35.7 Å². The van der Waals surface area contributed by atoms with Crippen LogP contribution in [0.3, 0.4) is 0 Å². The zero-order valence-electron chi connectivity index (χ0n) is 11.7. The number of para-hydroxylation sites is 1. The molecule has 5 nitrogen and oxygen atoms in total. The SMILES string of the molecule is O=C(Cc1csc(Nc2ccccc2)n1)Nc1cccnc1. The van der Waals surface area contributed by atoms with E-state index in [2.05, 4.69) is 20.6 Å². The van der Waals surface area contributed by atoms with Gasteiger partial charge in [0.15, 0.2) is 5.13 Å². The van der Waals surface area contributed by atoms with E-state index in [1.54, 1.807) is 24.5 Å². The molecule has 1 aromatic carbocycles. The Hall–Kier alpha value is -2.73. The molecule has 110 valence electrons. The molecule has 0 unspecified atom stereocenters. The summed E-state index contributed by atoms with van der Waals surface area (Å²) in [6, 6.07) is 13.4. The standard InChI is InChI=1S/C16H14N4OS/c21-15(18-13-7-4-8-17-10-13)9-14-11-22-16(20-14)19-12-5-2-1-3-6-12/h1-8,10-11H,9H2,(H,18,21)(H,19,20). The van der Waals surface area contributed by atoms with Crippen molar-refractivity contribution in [3.63, 3.8) is 0 Å². The van der Waals surface area contributed by atoms with E-state index in [0.717, 1.165) is 16.5 Å². The van der Waals surface area contributed by atoms with Crippen LogP contribution in [0.2, 0.25) is 0 Å². The van der Waals surface area contributed by atoms with Gasteiger partial charge in [0.05, 0.1) is 24.0 Å². The number of benzene rings is 1. The molecular weight excluding hydrogens is 296 g/mol. The van der Waals surface area contributed by atoms with Crippen LogP contribution < -0.4 is 10.6 Å². The number of nitrogens with one attached hydrogen (secondary N) is 2. The van der Waals surface area contributed by atoms with Crippen molar-refractivity contribution in [3.8, 4) is 0 Å². The number of thiazole rings is 1. The predicted molar refractivity (Wildman–Crippen MR) is 88.4 cm³/mol. The first-order valence-electron chi connectivity index (χ1n) is 6.76. The van der Waals surface area contributed by atoms with Crippen molar-refractivity contribution in [2.45, 2.75) is 6.42 Å². The molecule has 0 aliphatic rings. The Bertz CT molecular complexity index is 743. The maximum absolute atomic E-state index is 12.0. The molecule has 22 heavy (non-hydrogen) atoms. The molecule has 0 atom stereocenters. The number of hydrogen-bond donors (Lipinski definition) is 2. The monoisotopic (exact) mass is 310 g/mol. The maximum atomic E-state index is 12.0. The number of nitrogens with zero attached hydrogens (tertiary/aromatic N) is 2. The zero-order chi connectivity index (χ0) is 15.2. The van der Waals surface area contributed by atoms with E-state index >= 15 is 0 Å². The molecule has 0 spiro atoms. The number of carbonyl (C=O) groups is 1. The summed E-state index contributed by atoms with van der Waals surface area (Å²) in [5, 5.41) is 8.66. The van der Waals surface area contributed by atoms with Gasteiger partial charge in [0, 0.05) is 17.3 Å². The molecule has 1 amide bonds. The number of carbonyl (C=O) groups excluding carboxylic acids is 1. The van der Waals surface area contributed by atoms with E-state index in [0.29, 0.717) is 5.69 Å². The Morgan fingerprint density at radius 2 is 1.91 bits per heavy atom. The summed E-state index contributed by atoms with van der Waals surface area (Å²) < 4.78 is 0. The number of pyridine rings is 1. The minimum atomic E-state index is -0.107. The van der Waals surface area contributed by atoms with Gasteiger partial charge >= 0.3 is 0 Å². The Balaban J connectivity index is 1.58. The van der Waals surface area contributed by atoms with E-state index in [9.17, 15) is 4.79 Å². The Labute approximate surface area is 132 Å². The number of anilines is 3. The van der Waals surface area contributed by atoms with E-state index in [-0.39, 0.29) is 12.3 Å². The molecule has 3 rings (SSSR count). The summed E-state index contributed by atoms with van der Waals surface area (Å²) in [6.07, 6.45) is 3.51. The van der Waals surface area contributed by atoms with Crippen molar-refractivity contribution < 1.29 is 4.79 Å². The minimum Gasteiger partial charge on any atom is -0.332 e. The predicted octanol–water partition coefficient (Wildman–Crippen LogP) is 3.46. The van der Waals surface area contributed by atoms with Gasteiger partial charge in [0.1, 0.15) is 0 Å². The lowest BCUT2D eigenvalue weighted by molar-refractivity contribution is -0.115.